The highest BCUT2D eigenvalue weighted by Crippen LogP contribution is 2.38. The lowest BCUT2D eigenvalue weighted by Crippen LogP contribution is -2.42. The first-order valence-corrected chi connectivity index (χ1v) is 9.87. The number of nitrogens with one attached hydrogen (secondary N) is 1. The van der Waals surface area contributed by atoms with Gasteiger partial charge in [0.25, 0.3) is 5.91 Å². The molecular formula is C20H25N2O3S+. The van der Waals surface area contributed by atoms with Crippen LogP contribution in [0.4, 0.5) is 5.00 Å². The van der Waals surface area contributed by atoms with Gasteiger partial charge in [0.2, 0.25) is 6.54 Å². The molecule has 0 saturated carbocycles. The zero-order valence-electron chi connectivity index (χ0n) is 15.5. The number of anilines is 1. The zero-order chi connectivity index (χ0) is 18.7. The van der Waals surface area contributed by atoms with Crippen molar-refractivity contribution in [2.24, 2.45) is 0 Å². The number of thiophene rings is 1. The number of carbonyl (C=O) groups excluding carboxylic acids is 2. The van der Waals surface area contributed by atoms with Gasteiger partial charge in [0.15, 0.2) is 11.9 Å². The van der Waals surface area contributed by atoms with Gasteiger partial charge in [-0.05, 0) is 45.1 Å². The molecule has 0 bridgehead atoms. The Bertz CT molecular complexity index is 826. The molecule has 138 valence electrons. The van der Waals surface area contributed by atoms with E-state index >= 15 is 0 Å². The van der Waals surface area contributed by atoms with E-state index < -0.39 is 0 Å². The lowest BCUT2D eigenvalue weighted by molar-refractivity contribution is -0.690. The maximum absolute atomic E-state index is 12.6. The van der Waals surface area contributed by atoms with Crippen LogP contribution in [0, 0.1) is 6.92 Å². The van der Waals surface area contributed by atoms with E-state index in [1.54, 1.807) is 0 Å². The number of aromatic nitrogens is 1. The molecule has 2 heterocycles. The van der Waals surface area contributed by atoms with E-state index in [-0.39, 0.29) is 24.5 Å². The zero-order valence-corrected chi connectivity index (χ0v) is 16.3. The van der Waals surface area contributed by atoms with Crippen molar-refractivity contribution in [3.05, 3.63) is 46.1 Å². The van der Waals surface area contributed by atoms with Crippen LogP contribution in [0.1, 0.15) is 53.2 Å². The average molecular weight is 373 g/mol. The lowest BCUT2D eigenvalue weighted by atomic mass is 9.95. The predicted octanol–water partition coefficient (Wildman–Crippen LogP) is 3.43. The van der Waals surface area contributed by atoms with Crippen molar-refractivity contribution in [1.82, 2.24) is 0 Å². The highest BCUT2D eigenvalue weighted by Gasteiger charge is 2.28. The van der Waals surface area contributed by atoms with Crippen LogP contribution in [0.15, 0.2) is 24.4 Å². The Balaban J connectivity index is 1.84. The van der Waals surface area contributed by atoms with Gasteiger partial charge in [0, 0.05) is 23.9 Å². The molecule has 2 aromatic rings. The first-order valence-electron chi connectivity index (χ1n) is 9.06. The normalized spacial score (nSPS) is 13.4. The summed E-state index contributed by atoms with van der Waals surface area (Å²) in [5, 5.41) is 3.58. The van der Waals surface area contributed by atoms with Gasteiger partial charge in [-0.1, -0.05) is 6.07 Å². The molecule has 1 amide bonds. The number of hydrogen-bond donors (Lipinski definition) is 1. The molecule has 5 nitrogen and oxygen atoms in total. The Kier molecular flexibility index (Phi) is 5.71. The van der Waals surface area contributed by atoms with Crippen LogP contribution in [0.5, 0.6) is 0 Å². The Hall–Kier alpha value is -2.21. The molecule has 0 fully saturated rings. The molecule has 0 radical (unpaired) electrons. The summed E-state index contributed by atoms with van der Waals surface area (Å²) in [6.07, 6.45) is 5.72. The molecule has 0 unspecified atom stereocenters. The smallest absolute Gasteiger partial charge is 0.341 e. The molecule has 0 atom stereocenters. The minimum Gasteiger partial charge on any atom is -0.459 e. The molecule has 26 heavy (non-hydrogen) atoms. The number of rotatable bonds is 5. The average Bonchev–Trinajstić information content (AvgIpc) is 2.94. The molecule has 0 aromatic carbocycles. The van der Waals surface area contributed by atoms with Gasteiger partial charge >= 0.3 is 5.97 Å². The minimum absolute atomic E-state index is 0.138. The fourth-order valence-corrected chi connectivity index (χ4v) is 4.50. The number of pyridine rings is 1. The van der Waals surface area contributed by atoms with E-state index in [1.165, 1.54) is 16.2 Å². The van der Waals surface area contributed by atoms with Gasteiger partial charge in [-0.2, -0.15) is 4.57 Å². The summed E-state index contributed by atoms with van der Waals surface area (Å²) in [6, 6.07) is 5.80. The van der Waals surface area contributed by atoms with Crippen LogP contribution in [0.3, 0.4) is 0 Å². The Morgan fingerprint density at radius 1 is 1.27 bits per heavy atom. The quantitative estimate of drug-likeness (QED) is 0.645. The van der Waals surface area contributed by atoms with Crippen molar-refractivity contribution in [3.8, 4) is 0 Å². The molecule has 1 N–H and O–H groups in total. The fourth-order valence-electron chi connectivity index (χ4n) is 3.20. The summed E-state index contributed by atoms with van der Waals surface area (Å²) < 4.78 is 7.32. The summed E-state index contributed by atoms with van der Waals surface area (Å²) in [6.45, 7) is 5.85. The number of carbonyl (C=O) groups is 2. The highest BCUT2D eigenvalue weighted by atomic mass is 32.1. The molecule has 0 spiro atoms. The number of fused-ring (bicyclic) bond motifs is 1. The summed E-state index contributed by atoms with van der Waals surface area (Å²) in [7, 11) is 0. The topological polar surface area (TPSA) is 59.3 Å². The molecule has 0 saturated heterocycles. The highest BCUT2D eigenvalue weighted by molar-refractivity contribution is 7.17. The van der Waals surface area contributed by atoms with Crippen LogP contribution in [0.2, 0.25) is 0 Å². The van der Waals surface area contributed by atoms with E-state index in [1.807, 2.05) is 49.7 Å². The molecule has 6 heteroatoms. The first-order chi connectivity index (χ1) is 12.5. The summed E-state index contributed by atoms with van der Waals surface area (Å²) in [5.74, 6) is -0.472. The number of nitrogens with zero attached hydrogens (tertiary/aromatic N) is 1. The van der Waals surface area contributed by atoms with Gasteiger partial charge < -0.3 is 10.1 Å². The van der Waals surface area contributed by atoms with E-state index in [0.717, 1.165) is 36.9 Å². The monoisotopic (exact) mass is 373 g/mol. The van der Waals surface area contributed by atoms with Gasteiger partial charge in [0.1, 0.15) is 5.00 Å². The maximum Gasteiger partial charge on any atom is 0.341 e. The summed E-state index contributed by atoms with van der Waals surface area (Å²) in [5.41, 5.74) is 2.62. The van der Waals surface area contributed by atoms with Gasteiger partial charge in [-0.25, -0.2) is 4.79 Å². The molecule has 1 aliphatic carbocycles. The van der Waals surface area contributed by atoms with Crippen molar-refractivity contribution in [2.45, 2.75) is 59.1 Å². The Morgan fingerprint density at radius 2 is 2.04 bits per heavy atom. The van der Waals surface area contributed by atoms with Crippen LogP contribution in [-0.4, -0.2) is 18.0 Å². The largest absolute Gasteiger partial charge is 0.459 e. The third kappa shape index (κ3) is 4.12. The molecular weight excluding hydrogens is 348 g/mol. The van der Waals surface area contributed by atoms with Crippen LogP contribution in [0.25, 0.3) is 0 Å². The van der Waals surface area contributed by atoms with Crippen LogP contribution < -0.4 is 9.88 Å². The number of hydrogen-bond acceptors (Lipinski definition) is 4. The second kappa shape index (κ2) is 7.99. The third-order valence-electron chi connectivity index (χ3n) is 4.45. The number of esters is 1. The standard InChI is InChI=1S/C20H24N2O3S/c1-13(2)25-20(24)18-15-9-4-5-10-16(15)26-19(18)21-17(23)12-22-11-7-6-8-14(22)3/h6-8,11,13H,4-5,9-10,12H2,1-3H3/p+1. The third-order valence-corrected chi connectivity index (χ3v) is 5.66. The fraction of sp³-hybridized carbons (Fsp3) is 0.450. The summed E-state index contributed by atoms with van der Waals surface area (Å²) in [4.78, 5) is 26.4. The van der Waals surface area contributed by atoms with Crippen molar-refractivity contribution < 1.29 is 18.9 Å². The van der Waals surface area contributed by atoms with Gasteiger partial charge in [-0.3, -0.25) is 4.79 Å². The van der Waals surface area contributed by atoms with E-state index in [2.05, 4.69) is 5.32 Å². The lowest BCUT2D eigenvalue weighted by Gasteiger charge is -2.14. The van der Waals surface area contributed by atoms with E-state index in [0.29, 0.717) is 10.6 Å². The van der Waals surface area contributed by atoms with E-state index in [9.17, 15) is 9.59 Å². The SMILES string of the molecule is Cc1cccc[n+]1CC(=O)Nc1sc2c(c1C(=O)OC(C)C)CCCC2. The van der Waals surface area contributed by atoms with Crippen molar-refractivity contribution in [3.63, 3.8) is 0 Å². The summed E-state index contributed by atoms with van der Waals surface area (Å²) >= 11 is 1.52. The molecule has 1 aliphatic rings. The van der Waals surface area contributed by atoms with Crippen molar-refractivity contribution in [1.29, 1.82) is 0 Å². The van der Waals surface area contributed by atoms with E-state index in [4.69, 9.17) is 4.74 Å². The second-order valence-corrected chi connectivity index (χ2v) is 7.99. The van der Waals surface area contributed by atoms with Crippen LogP contribution >= 0.6 is 11.3 Å². The Labute approximate surface area is 158 Å². The number of amides is 1. The molecule has 0 aliphatic heterocycles. The Morgan fingerprint density at radius 3 is 2.77 bits per heavy atom. The second-order valence-electron chi connectivity index (χ2n) is 6.89. The van der Waals surface area contributed by atoms with Gasteiger partial charge in [0.05, 0.1) is 11.7 Å². The molecule has 2 aromatic heterocycles. The van der Waals surface area contributed by atoms with Gasteiger partial charge in [-0.15, -0.1) is 11.3 Å². The van der Waals surface area contributed by atoms with Crippen molar-refractivity contribution >= 4 is 28.2 Å². The first kappa shape index (κ1) is 18.6. The predicted molar refractivity (Wildman–Crippen MR) is 102 cm³/mol. The number of aryl methyl sites for hydroxylation is 2. The molecule has 3 rings (SSSR count). The van der Waals surface area contributed by atoms with Crippen LogP contribution in [-0.2, 0) is 28.9 Å². The maximum atomic E-state index is 12.6. The number of ether oxygens (including phenoxy) is 1. The van der Waals surface area contributed by atoms with Crippen molar-refractivity contribution in [2.75, 3.05) is 5.32 Å². The minimum atomic E-state index is -0.335.